The normalized spacial score (nSPS) is 11.5. The maximum absolute atomic E-state index is 5.57. The molecule has 0 amide bonds. The fourth-order valence-corrected chi connectivity index (χ4v) is 12.0. The van der Waals surface area contributed by atoms with Crippen molar-refractivity contribution < 1.29 is 0 Å². The maximum Gasteiger partial charge on any atom is 0.160 e. The molecule has 0 unspecified atom stereocenters. The van der Waals surface area contributed by atoms with Gasteiger partial charge in [0.15, 0.2) is 5.82 Å². The summed E-state index contributed by atoms with van der Waals surface area (Å²) in [7, 11) is 0. The molecule has 0 aliphatic rings. The summed E-state index contributed by atoms with van der Waals surface area (Å²) in [6.07, 6.45) is 0. The van der Waals surface area contributed by atoms with Crippen LogP contribution in [0.3, 0.4) is 0 Å². The van der Waals surface area contributed by atoms with Crippen molar-refractivity contribution in [3.63, 3.8) is 0 Å². The zero-order valence-corrected chi connectivity index (χ0v) is 43.7. The third kappa shape index (κ3) is 8.17. The topological polar surface area (TPSA) is 35.6 Å². The van der Waals surface area contributed by atoms with Gasteiger partial charge in [-0.2, -0.15) is 0 Å². The van der Waals surface area contributed by atoms with Crippen LogP contribution in [0.2, 0.25) is 0 Å². The average molecular weight is 1020 g/mol. The van der Waals surface area contributed by atoms with Crippen LogP contribution in [0.5, 0.6) is 0 Å². The molecule has 4 nitrogen and oxygen atoms in total. The van der Waals surface area contributed by atoms with Gasteiger partial charge in [-0.05, 0) is 111 Å². The maximum atomic E-state index is 5.57. The highest BCUT2D eigenvalue weighted by molar-refractivity contribution is 6.14. The van der Waals surface area contributed by atoms with Crippen molar-refractivity contribution in [1.29, 1.82) is 0 Å². The molecule has 0 atom stereocenters. The zero-order chi connectivity index (χ0) is 52.9. The molecule has 15 rings (SSSR count). The molecule has 374 valence electrons. The predicted octanol–water partition coefficient (Wildman–Crippen LogP) is 20.0. The van der Waals surface area contributed by atoms with Crippen LogP contribution in [0.4, 0.5) is 0 Å². The number of aromatic nitrogens is 4. The van der Waals surface area contributed by atoms with Crippen LogP contribution >= 0.6 is 0 Å². The highest BCUT2D eigenvalue weighted by Gasteiger charge is 2.25. The quantitative estimate of drug-likeness (QED) is 0.137. The van der Waals surface area contributed by atoms with Gasteiger partial charge in [0.2, 0.25) is 0 Å². The first kappa shape index (κ1) is 46.6. The van der Waals surface area contributed by atoms with Gasteiger partial charge in [-0.3, -0.25) is 0 Å². The summed E-state index contributed by atoms with van der Waals surface area (Å²) in [6.45, 7) is 0. The molecule has 0 bridgehead atoms. The lowest BCUT2D eigenvalue weighted by Gasteiger charge is -2.22. The Morgan fingerprint density at radius 1 is 0.212 bits per heavy atom. The largest absolute Gasteiger partial charge is 0.309 e. The van der Waals surface area contributed by atoms with Crippen molar-refractivity contribution in [2.75, 3.05) is 0 Å². The van der Waals surface area contributed by atoms with Crippen molar-refractivity contribution in [1.82, 2.24) is 19.1 Å². The molecule has 80 heavy (non-hydrogen) atoms. The third-order valence-electron chi connectivity index (χ3n) is 15.8. The van der Waals surface area contributed by atoms with E-state index in [1.165, 1.54) is 66.1 Å². The van der Waals surface area contributed by atoms with Gasteiger partial charge in [0.1, 0.15) is 0 Å². The Morgan fingerprint density at radius 3 is 0.963 bits per heavy atom. The van der Waals surface area contributed by atoms with E-state index >= 15 is 0 Å². The lowest BCUT2D eigenvalue weighted by atomic mass is 9.93. The van der Waals surface area contributed by atoms with E-state index in [0.29, 0.717) is 5.82 Å². The van der Waals surface area contributed by atoms with Crippen molar-refractivity contribution >= 4 is 43.6 Å². The second kappa shape index (κ2) is 19.7. The molecule has 3 aromatic heterocycles. The summed E-state index contributed by atoms with van der Waals surface area (Å²) >= 11 is 0. The van der Waals surface area contributed by atoms with E-state index in [2.05, 4.69) is 306 Å². The fraction of sp³-hybridized carbons (Fsp3) is 0. The number of para-hydroxylation sites is 1. The van der Waals surface area contributed by atoms with Crippen molar-refractivity contribution in [3.05, 3.63) is 303 Å². The minimum absolute atomic E-state index is 0.663. The second-order valence-corrected chi connectivity index (χ2v) is 20.5. The van der Waals surface area contributed by atoms with Crippen LogP contribution in [-0.2, 0) is 0 Å². The summed E-state index contributed by atoms with van der Waals surface area (Å²) in [5.74, 6) is 0.663. The van der Waals surface area contributed by atoms with Gasteiger partial charge in [-0.15, -0.1) is 0 Å². The van der Waals surface area contributed by atoms with Crippen molar-refractivity contribution in [2.24, 2.45) is 0 Å². The minimum atomic E-state index is 0.663. The van der Waals surface area contributed by atoms with Crippen LogP contribution in [0.15, 0.2) is 303 Å². The molecule has 0 saturated carbocycles. The molecule has 4 heteroatoms. The highest BCUT2D eigenvalue weighted by atomic mass is 15.0. The molecule has 0 aliphatic heterocycles. The number of benzene rings is 12. The van der Waals surface area contributed by atoms with Gasteiger partial charge in [0.05, 0.1) is 44.8 Å². The zero-order valence-electron chi connectivity index (χ0n) is 43.7. The van der Waals surface area contributed by atoms with E-state index in [-0.39, 0.29) is 0 Å². The van der Waals surface area contributed by atoms with Crippen LogP contribution in [-0.4, -0.2) is 19.1 Å². The van der Waals surface area contributed by atoms with Gasteiger partial charge < -0.3 is 9.13 Å². The number of nitrogens with zero attached hydrogens (tertiary/aromatic N) is 4. The van der Waals surface area contributed by atoms with Gasteiger partial charge in [0.25, 0.3) is 0 Å². The Bertz CT molecular complexity index is 4530. The standard InChI is InChI=1S/C76H50N4/c1-7-22-51(23-8-1)57-38-42-70-63(46-57)64-47-58(52-24-9-2-10-25-52)39-43-71(64)79(70)69-36-20-19-34-62(69)75-61(68-50-67(55-30-15-5-16-31-55)77-76(78-68)56-32-17-6-18-33-56)35-21-37-74(75)80-72-44-40-59(53-26-11-3-12-27-53)48-65(72)66-49-60(41-45-73(66)80)54-28-13-4-14-29-54/h1-50H. The van der Waals surface area contributed by atoms with E-state index in [9.17, 15) is 0 Å². The lowest BCUT2D eigenvalue weighted by Crippen LogP contribution is -2.04. The Kier molecular flexibility index (Phi) is 11.5. The molecule has 12 aromatic carbocycles. The summed E-state index contributed by atoms with van der Waals surface area (Å²) in [5.41, 5.74) is 22.7. The van der Waals surface area contributed by atoms with E-state index < -0.39 is 0 Å². The number of hydrogen-bond acceptors (Lipinski definition) is 2. The third-order valence-corrected chi connectivity index (χ3v) is 15.8. The molecule has 0 radical (unpaired) electrons. The fourth-order valence-electron chi connectivity index (χ4n) is 12.0. The van der Waals surface area contributed by atoms with Gasteiger partial charge in [-0.1, -0.05) is 237 Å². The SMILES string of the molecule is c1ccc(-c2ccc3c(c2)c2cc(-c4ccccc4)ccc2n3-c2ccccc2-c2c(-c3cc(-c4ccccc4)nc(-c4ccccc4)n3)cccc2-n2c3ccc(-c4ccccc4)cc3c3cc(-c4ccccc4)ccc32)cc1. The number of fused-ring (bicyclic) bond motifs is 6. The summed E-state index contributed by atoms with van der Waals surface area (Å²) in [5, 5.41) is 4.72. The highest BCUT2D eigenvalue weighted by Crippen LogP contribution is 2.47. The van der Waals surface area contributed by atoms with Crippen LogP contribution < -0.4 is 0 Å². The minimum Gasteiger partial charge on any atom is -0.309 e. The first-order chi connectivity index (χ1) is 39.7. The Balaban J connectivity index is 1.05. The monoisotopic (exact) mass is 1020 g/mol. The molecule has 15 aromatic rings. The lowest BCUT2D eigenvalue weighted by molar-refractivity contribution is 1.15. The second-order valence-electron chi connectivity index (χ2n) is 20.5. The van der Waals surface area contributed by atoms with Crippen molar-refractivity contribution in [3.8, 4) is 101 Å². The summed E-state index contributed by atoms with van der Waals surface area (Å²) in [4.78, 5) is 10.9. The average Bonchev–Trinajstić information content (AvgIpc) is 4.09. The molecule has 0 fully saturated rings. The van der Waals surface area contributed by atoms with Gasteiger partial charge in [-0.25, -0.2) is 9.97 Å². The molecule has 0 saturated heterocycles. The molecule has 0 spiro atoms. The first-order valence-electron chi connectivity index (χ1n) is 27.3. The smallest absolute Gasteiger partial charge is 0.160 e. The number of rotatable bonds is 10. The Labute approximate surface area is 464 Å². The number of hydrogen-bond donors (Lipinski definition) is 0. The molecule has 0 aliphatic carbocycles. The Hall–Kier alpha value is -10.7. The van der Waals surface area contributed by atoms with Crippen LogP contribution in [0.1, 0.15) is 0 Å². The molecule has 3 heterocycles. The van der Waals surface area contributed by atoms with Gasteiger partial charge in [0, 0.05) is 49.4 Å². The van der Waals surface area contributed by atoms with E-state index in [1.807, 2.05) is 6.07 Å². The Morgan fingerprint density at radius 2 is 0.537 bits per heavy atom. The predicted molar refractivity (Wildman–Crippen MR) is 334 cm³/mol. The van der Waals surface area contributed by atoms with Crippen molar-refractivity contribution in [2.45, 2.75) is 0 Å². The molecular formula is C76H50N4. The summed E-state index contributed by atoms with van der Waals surface area (Å²) < 4.78 is 4.98. The van der Waals surface area contributed by atoms with E-state index in [1.54, 1.807) is 0 Å². The first-order valence-corrected chi connectivity index (χ1v) is 27.3. The summed E-state index contributed by atoms with van der Waals surface area (Å²) in [6, 6.07) is 109. The molecular weight excluding hydrogens is 969 g/mol. The van der Waals surface area contributed by atoms with Crippen LogP contribution in [0, 0.1) is 0 Å². The van der Waals surface area contributed by atoms with Gasteiger partial charge >= 0.3 is 0 Å². The van der Waals surface area contributed by atoms with E-state index in [4.69, 9.17) is 9.97 Å². The molecule has 0 N–H and O–H groups in total. The van der Waals surface area contributed by atoms with E-state index in [0.717, 1.165) is 72.6 Å². The van der Waals surface area contributed by atoms with Crippen LogP contribution in [0.25, 0.3) is 145 Å².